The summed E-state index contributed by atoms with van der Waals surface area (Å²) in [5.74, 6) is -0.0985. The lowest BCUT2D eigenvalue weighted by Crippen LogP contribution is -2.39. The zero-order valence-corrected chi connectivity index (χ0v) is 16.5. The van der Waals surface area contributed by atoms with E-state index in [0.717, 1.165) is 23.2 Å². The van der Waals surface area contributed by atoms with Crippen LogP contribution < -0.4 is 0 Å². The van der Waals surface area contributed by atoms with E-state index in [9.17, 15) is 4.79 Å². The van der Waals surface area contributed by atoms with Crippen LogP contribution in [0.15, 0.2) is 61.1 Å². The molecule has 0 saturated carbocycles. The molecule has 3 aromatic heterocycles. The second kappa shape index (κ2) is 6.97. The number of hydrogen-bond donors (Lipinski definition) is 0. The third kappa shape index (κ3) is 3.15. The van der Waals surface area contributed by atoms with Gasteiger partial charge in [0, 0.05) is 30.6 Å². The number of rotatable bonds is 2. The fraction of sp³-hybridized carbons (Fsp3) is 0.182. The maximum atomic E-state index is 13.1. The van der Waals surface area contributed by atoms with Crippen molar-refractivity contribution >= 4 is 23.2 Å². The first-order valence-electron chi connectivity index (χ1n) is 9.46. The minimum atomic E-state index is -0.0985. The Morgan fingerprint density at radius 1 is 1.17 bits per heavy atom. The summed E-state index contributed by atoms with van der Waals surface area (Å²) < 4.78 is 1.54. The molecule has 7 heteroatoms. The highest BCUT2D eigenvalue weighted by Crippen LogP contribution is 2.33. The molecule has 1 unspecified atom stereocenters. The molecule has 0 bridgehead atoms. The van der Waals surface area contributed by atoms with Gasteiger partial charge >= 0.3 is 0 Å². The van der Waals surface area contributed by atoms with Crippen LogP contribution in [-0.2, 0) is 6.42 Å². The van der Waals surface area contributed by atoms with Gasteiger partial charge in [-0.05, 0) is 42.7 Å². The van der Waals surface area contributed by atoms with Crippen molar-refractivity contribution in [3.8, 4) is 11.3 Å². The predicted octanol–water partition coefficient (Wildman–Crippen LogP) is 4.20. The third-order valence-corrected chi connectivity index (χ3v) is 5.60. The quantitative estimate of drug-likeness (QED) is 0.503. The molecule has 4 heterocycles. The van der Waals surface area contributed by atoms with Gasteiger partial charge in [0.15, 0.2) is 11.3 Å². The zero-order chi connectivity index (χ0) is 20.0. The van der Waals surface area contributed by atoms with Gasteiger partial charge in [-0.3, -0.25) is 9.78 Å². The van der Waals surface area contributed by atoms with Crippen LogP contribution in [0.1, 0.15) is 34.6 Å². The molecule has 1 aliphatic heterocycles. The Labute approximate surface area is 172 Å². The summed E-state index contributed by atoms with van der Waals surface area (Å²) in [6, 6.07) is 13.9. The van der Waals surface area contributed by atoms with Gasteiger partial charge in [-0.2, -0.15) is 5.10 Å². The van der Waals surface area contributed by atoms with Crippen molar-refractivity contribution < 1.29 is 4.79 Å². The molecule has 0 N–H and O–H groups in total. The molecule has 4 aromatic rings. The molecule has 0 radical (unpaired) electrons. The monoisotopic (exact) mass is 403 g/mol. The van der Waals surface area contributed by atoms with Gasteiger partial charge in [0.05, 0.1) is 23.0 Å². The Kier molecular flexibility index (Phi) is 4.28. The van der Waals surface area contributed by atoms with Crippen LogP contribution in [0.3, 0.4) is 0 Å². The minimum Gasteiger partial charge on any atom is -0.330 e. The standard InChI is InChI=1S/C22H18ClN5O/c1-14-18-6-5-16(19-4-2-3-8-24-19)10-15(18)7-9-27(14)22(29)20-11-21-25-12-17(23)13-28(21)26-20/h2-6,8,10-14H,7,9H2,1H3. The molecule has 29 heavy (non-hydrogen) atoms. The molecule has 5 rings (SSSR count). The van der Waals surface area contributed by atoms with Gasteiger partial charge in [-0.1, -0.05) is 29.8 Å². The van der Waals surface area contributed by atoms with E-state index in [-0.39, 0.29) is 11.9 Å². The number of halogens is 1. The molecule has 1 aliphatic rings. The van der Waals surface area contributed by atoms with E-state index in [4.69, 9.17) is 11.6 Å². The number of hydrogen-bond acceptors (Lipinski definition) is 4. The molecule has 1 aromatic carbocycles. The maximum absolute atomic E-state index is 13.1. The highest BCUT2D eigenvalue weighted by atomic mass is 35.5. The average Bonchev–Trinajstić information content (AvgIpc) is 3.17. The molecular formula is C22H18ClN5O. The second-order valence-electron chi connectivity index (χ2n) is 7.16. The number of nitrogens with zero attached hydrogens (tertiary/aromatic N) is 5. The predicted molar refractivity (Wildman–Crippen MR) is 111 cm³/mol. The number of carbonyl (C=O) groups is 1. The summed E-state index contributed by atoms with van der Waals surface area (Å²) in [5.41, 5.74) is 5.45. The lowest BCUT2D eigenvalue weighted by molar-refractivity contribution is 0.0671. The van der Waals surface area contributed by atoms with Crippen LogP contribution in [0, 0.1) is 0 Å². The highest BCUT2D eigenvalue weighted by molar-refractivity contribution is 6.30. The molecule has 1 amide bonds. The van der Waals surface area contributed by atoms with Crippen LogP contribution in [0.2, 0.25) is 5.02 Å². The summed E-state index contributed by atoms with van der Waals surface area (Å²) in [5, 5.41) is 4.84. The Hall–Kier alpha value is -3.25. The first-order valence-corrected chi connectivity index (χ1v) is 9.84. The fourth-order valence-corrected chi connectivity index (χ4v) is 4.05. The van der Waals surface area contributed by atoms with Gasteiger partial charge in [0.2, 0.25) is 0 Å². The maximum Gasteiger partial charge on any atom is 0.274 e. The van der Waals surface area contributed by atoms with Gasteiger partial charge in [0.1, 0.15) is 0 Å². The third-order valence-electron chi connectivity index (χ3n) is 5.41. The van der Waals surface area contributed by atoms with E-state index in [1.54, 1.807) is 24.7 Å². The van der Waals surface area contributed by atoms with Crippen LogP contribution in [0.4, 0.5) is 0 Å². The SMILES string of the molecule is CC1c2ccc(-c3ccccn3)cc2CCN1C(=O)c1cc2ncc(Cl)cn2n1. The van der Waals surface area contributed by atoms with Crippen molar-refractivity contribution in [1.29, 1.82) is 0 Å². The number of amides is 1. The minimum absolute atomic E-state index is 0.0367. The van der Waals surface area contributed by atoms with Gasteiger partial charge < -0.3 is 4.90 Å². The number of carbonyl (C=O) groups excluding carboxylic acids is 1. The van der Waals surface area contributed by atoms with E-state index >= 15 is 0 Å². The highest BCUT2D eigenvalue weighted by Gasteiger charge is 2.30. The largest absolute Gasteiger partial charge is 0.330 e. The summed E-state index contributed by atoms with van der Waals surface area (Å²) in [6.07, 6.45) is 5.79. The average molecular weight is 404 g/mol. The van der Waals surface area contributed by atoms with E-state index in [0.29, 0.717) is 22.9 Å². The van der Waals surface area contributed by atoms with E-state index in [2.05, 4.69) is 40.2 Å². The number of fused-ring (bicyclic) bond motifs is 2. The molecule has 1 atom stereocenters. The van der Waals surface area contributed by atoms with E-state index in [1.807, 2.05) is 23.1 Å². The van der Waals surface area contributed by atoms with Crippen LogP contribution in [0.25, 0.3) is 16.9 Å². The first kappa shape index (κ1) is 17.8. The normalized spacial score (nSPS) is 16.1. The zero-order valence-electron chi connectivity index (χ0n) is 15.8. The summed E-state index contributed by atoms with van der Waals surface area (Å²) in [7, 11) is 0. The molecule has 144 valence electrons. The van der Waals surface area contributed by atoms with Gasteiger partial charge in [-0.15, -0.1) is 0 Å². The molecule has 0 aliphatic carbocycles. The topological polar surface area (TPSA) is 63.4 Å². The number of aromatic nitrogens is 4. The van der Waals surface area contributed by atoms with Crippen molar-refractivity contribution in [1.82, 2.24) is 24.5 Å². The van der Waals surface area contributed by atoms with Gasteiger partial charge in [0.25, 0.3) is 5.91 Å². The van der Waals surface area contributed by atoms with Crippen molar-refractivity contribution in [3.05, 3.63) is 82.9 Å². The molecule has 0 fully saturated rings. The van der Waals surface area contributed by atoms with Crippen molar-refractivity contribution in [2.75, 3.05) is 6.54 Å². The van der Waals surface area contributed by atoms with Crippen LogP contribution >= 0.6 is 11.6 Å². The summed E-state index contributed by atoms with van der Waals surface area (Å²) in [6.45, 7) is 2.70. The van der Waals surface area contributed by atoms with Crippen LogP contribution in [0.5, 0.6) is 0 Å². The Morgan fingerprint density at radius 3 is 2.90 bits per heavy atom. The summed E-state index contributed by atoms with van der Waals surface area (Å²) >= 11 is 5.97. The lowest BCUT2D eigenvalue weighted by atomic mass is 9.91. The molecule has 6 nitrogen and oxygen atoms in total. The Bertz CT molecular complexity index is 1220. The van der Waals surface area contributed by atoms with Gasteiger partial charge in [-0.25, -0.2) is 9.50 Å². The van der Waals surface area contributed by atoms with Crippen molar-refractivity contribution in [2.45, 2.75) is 19.4 Å². The second-order valence-corrected chi connectivity index (χ2v) is 7.59. The number of pyridine rings is 1. The molecule has 0 spiro atoms. The van der Waals surface area contributed by atoms with Crippen LogP contribution in [-0.4, -0.2) is 36.9 Å². The fourth-order valence-electron chi connectivity index (χ4n) is 3.91. The van der Waals surface area contributed by atoms with E-state index in [1.165, 1.54) is 10.1 Å². The van der Waals surface area contributed by atoms with Crippen molar-refractivity contribution in [3.63, 3.8) is 0 Å². The first-order chi connectivity index (χ1) is 14.1. The van der Waals surface area contributed by atoms with E-state index < -0.39 is 0 Å². The Morgan fingerprint density at radius 2 is 2.07 bits per heavy atom. The molecule has 0 saturated heterocycles. The smallest absolute Gasteiger partial charge is 0.274 e. The number of benzene rings is 1. The Balaban J connectivity index is 1.44. The van der Waals surface area contributed by atoms with Crippen molar-refractivity contribution in [2.24, 2.45) is 0 Å². The summed E-state index contributed by atoms with van der Waals surface area (Å²) in [4.78, 5) is 23.7. The molecular weight excluding hydrogens is 386 g/mol. The lowest BCUT2D eigenvalue weighted by Gasteiger charge is -2.35.